The Kier molecular flexibility index (Phi) is 4.93. The van der Waals surface area contributed by atoms with Crippen molar-refractivity contribution in [2.24, 2.45) is 7.05 Å². The van der Waals surface area contributed by atoms with Crippen LogP contribution in [0.3, 0.4) is 0 Å². The number of para-hydroxylation sites is 1. The summed E-state index contributed by atoms with van der Waals surface area (Å²) < 4.78 is 34.4. The number of benzene rings is 2. The van der Waals surface area contributed by atoms with Gasteiger partial charge in [0.1, 0.15) is 22.9 Å². The lowest BCUT2D eigenvalue weighted by Gasteiger charge is -2.13. The Morgan fingerprint density at radius 3 is 2.79 bits per heavy atom. The summed E-state index contributed by atoms with van der Waals surface area (Å²) in [5.41, 5.74) is 2.42. The summed E-state index contributed by atoms with van der Waals surface area (Å²) in [6.45, 7) is 0.511. The van der Waals surface area contributed by atoms with E-state index < -0.39 is 17.7 Å². The van der Waals surface area contributed by atoms with Gasteiger partial charge in [-0.15, -0.1) is 0 Å². The third kappa shape index (κ3) is 3.67. The normalized spacial score (nSPS) is 12.6. The highest BCUT2D eigenvalue weighted by atomic mass is 19.1. The van der Waals surface area contributed by atoms with Gasteiger partial charge in [0.05, 0.1) is 6.10 Å². The van der Waals surface area contributed by atoms with Gasteiger partial charge in [0.2, 0.25) is 0 Å². The average molecular weight is 383 g/mol. The van der Waals surface area contributed by atoms with Crippen LogP contribution >= 0.6 is 0 Å². The van der Waals surface area contributed by atoms with E-state index in [0.717, 1.165) is 28.7 Å². The van der Waals surface area contributed by atoms with Crippen molar-refractivity contribution in [2.45, 2.75) is 12.6 Å². The minimum Gasteiger partial charge on any atom is -0.454 e. The SMILES string of the molecule is Cn1cc(CNC[C@@H](O)c2ccc(F)cc2F)c(-c2cc3ccccc3o2)n1. The van der Waals surface area contributed by atoms with Gasteiger partial charge in [-0.2, -0.15) is 5.10 Å². The fourth-order valence-corrected chi connectivity index (χ4v) is 3.20. The number of fused-ring (bicyclic) bond motifs is 1. The van der Waals surface area contributed by atoms with Crippen LogP contribution < -0.4 is 5.32 Å². The molecule has 144 valence electrons. The molecule has 4 rings (SSSR count). The van der Waals surface area contributed by atoms with E-state index in [4.69, 9.17) is 4.42 Å². The molecule has 2 aromatic carbocycles. The summed E-state index contributed by atoms with van der Waals surface area (Å²) >= 11 is 0. The molecule has 0 radical (unpaired) electrons. The maximum Gasteiger partial charge on any atom is 0.156 e. The predicted molar refractivity (Wildman–Crippen MR) is 101 cm³/mol. The van der Waals surface area contributed by atoms with Crippen molar-refractivity contribution in [3.05, 3.63) is 77.5 Å². The highest BCUT2D eigenvalue weighted by Crippen LogP contribution is 2.29. The second-order valence-electron chi connectivity index (χ2n) is 6.64. The van der Waals surface area contributed by atoms with Crippen molar-refractivity contribution in [2.75, 3.05) is 6.54 Å². The zero-order valence-electron chi connectivity index (χ0n) is 15.2. The highest BCUT2D eigenvalue weighted by Gasteiger charge is 2.17. The molecule has 4 aromatic rings. The maximum absolute atomic E-state index is 13.8. The summed E-state index contributed by atoms with van der Waals surface area (Å²) in [7, 11) is 1.82. The first-order chi connectivity index (χ1) is 13.5. The van der Waals surface area contributed by atoms with Crippen molar-refractivity contribution in [1.29, 1.82) is 0 Å². The number of aryl methyl sites for hydroxylation is 1. The van der Waals surface area contributed by atoms with Gasteiger partial charge < -0.3 is 14.8 Å². The first kappa shape index (κ1) is 18.3. The number of hydrogen-bond acceptors (Lipinski definition) is 4. The lowest BCUT2D eigenvalue weighted by Crippen LogP contribution is -2.21. The number of nitrogens with one attached hydrogen (secondary N) is 1. The van der Waals surface area contributed by atoms with E-state index in [0.29, 0.717) is 18.0 Å². The molecule has 0 aliphatic carbocycles. The number of halogens is 2. The minimum absolute atomic E-state index is 0.0533. The third-order valence-corrected chi connectivity index (χ3v) is 4.54. The molecule has 2 heterocycles. The standard InChI is InChI=1S/C21H19F2N3O2/c1-26-12-14(10-24-11-18(27)16-7-6-15(22)9-17(16)23)21(25-26)20-8-13-4-2-3-5-19(13)28-20/h2-9,12,18,24,27H,10-11H2,1H3/t18-/m1/s1. The van der Waals surface area contributed by atoms with Crippen LogP contribution in [0.1, 0.15) is 17.2 Å². The van der Waals surface area contributed by atoms with E-state index in [1.54, 1.807) is 4.68 Å². The monoisotopic (exact) mass is 383 g/mol. The molecular formula is C21H19F2N3O2. The van der Waals surface area contributed by atoms with Gasteiger partial charge in [-0.05, 0) is 18.2 Å². The molecule has 0 saturated heterocycles. The molecule has 5 nitrogen and oxygen atoms in total. The van der Waals surface area contributed by atoms with Gasteiger partial charge in [0, 0.05) is 48.9 Å². The lowest BCUT2D eigenvalue weighted by molar-refractivity contribution is 0.169. The molecule has 28 heavy (non-hydrogen) atoms. The van der Waals surface area contributed by atoms with Crippen molar-refractivity contribution in [3.8, 4) is 11.5 Å². The van der Waals surface area contributed by atoms with Gasteiger partial charge in [-0.1, -0.05) is 24.3 Å². The van der Waals surface area contributed by atoms with Gasteiger partial charge in [-0.25, -0.2) is 8.78 Å². The van der Waals surface area contributed by atoms with E-state index in [1.807, 2.05) is 43.6 Å². The summed E-state index contributed by atoms with van der Waals surface area (Å²) in [6, 6.07) is 12.8. The molecular weight excluding hydrogens is 364 g/mol. The number of aliphatic hydroxyl groups excluding tert-OH is 1. The smallest absolute Gasteiger partial charge is 0.156 e. The number of furan rings is 1. The molecule has 0 amide bonds. The van der Waals surface area contributed by atoms with Crippen LogP contribution in [-0.4, -0.2) is 21.4 Å². The number of hydrogen-bond donors (Lipinski definition) is 2. The second-order valence-corrected chi connectivity index (χ2v) is 6.64. The van der Waals surface area contributed by atoms with Crippen LogP contribution in [0.4, 0.5) is 8.78 Å². The topological polar surface area (TPSA) is 63.2 Å². The molecule has 0 unspecified atom stereocenters. The van der Waals surface area contributed by atoms with Crippen molar-refractivity contribution in [1.82, 2.24) is 15.1 Å². The van der Waals surface area contributed by atoms with Crippen molar-refractivity contribution < 1.29 is 18.3 Å². The van der Waals surface area contributed by atoms with E-state index >= 15 is 0 Å². The number of aliphatic hydroxyl groups is 1. The Morgan fingerprint density at radius 2 is 2.00 bits per heavy atom. The van der Waals surface area contributed by atoms with E-state index in [2.05, 4.69) is 10.4 Å². The lowest BCUT2D eigenvalue weighted by atomic mass is 10.1. The second kappa shape index (κ2) is 7.53. The Bertz CT molecular complexity index is 1090. The third-order valence-electron chi connectivity index (χ3n) is 4.54. The van der Waals surface area contributed by atoms with Crippen LogP contribution in [0.5, 0.6) is 0 Å². The Balaban J connectivity index is 1.48. The molecule has 0 aliphatic heterocycles. The first-order valence-corrected chi connectivity index (χ1v) is 8.86. The van der Waals surface area contributed by atoms with Crippen LogP contribution in [0.15, 0.2) is 59.1 Å². The summed E-state index contributed by atoms with van der Waals surface area (Å²) in [5, 5.41) is 18.8. The van der Waals surface area contributed by atoms with Crippen LogP contribution in [0.2, 0.25) is 0 Å². The highest BCUT2D eigenvalue weighted by molar-refractivity contribution is 5.82. The fourth-order valence-electron chi connectivity index (χ4n) is 3.20. The average Bonchev–Trinajstić information content (AvgIpc) is 3.24. The molecule has 0 fully saturated rings. The zero-order valence-corrected chi connectivity index (χ0v) is 15.2. The molecule has 0 aliphatic rings. The van der Waals surface area contributed by atoms with E-state index in [9.17, 15) is 13.9 Å². The van der Waals surface area contributed by atoms with Crippen molar-refractivity contribution >= 4 is 11.0 Å². The van der Waals surface area contributed by atoms with Gasteiger partial charge >= 0.3 is 0 Å². The summed E-state index contributed by atoms with van der Waals surface area (Å²) in [5.74, 6) is -0.783. The minimum atomic E-state index is -1.09. The largest absolute Gasteiger partial charge is 0.454 e. The van der Waals surface area contributed by atoms with Gasteiger partial charge in [0.15, 0.2) is 5.76 Å². The van der Waals surface area contributed by atoms with Crippen molar-refractivity contribution in [3.63, 3.8) is 0 Å². The quantitative estimate of drug-likeness (QED) is 0.530. The van der Waals surface area contributed by atoms with E-state index in [1.165, 1.54) is 6.07 Å². The molecule has 7 heteroatoms. The van der Waals surface area contributed by atoms with Gasteiger partial charge in [0.25, 0.3) is 0 Å². The Labute approximate surface area is 160 Å². The number of aromatic nitrogens is 2. The molecule has 0 saturated carbocycles. The van der Waals surface area contributed by atoms with E-state index in [-0.39, 0.29) is 12.1 Å². The number of nitrogens with zero attached hydrogens (tertiary/aromatic N) is 2. The van der Waals surface area contributed by atoms with Crippen LogP contribution in [0.25, 0.3) is 22.4 Å². The Morgan fingerprint density at radius 1 is 1.18 bits per heavy atom. The Hall–Kier alpha value is -3.03. The molecule has 2 N–H and O–H groups in total. The van der Waals surface area contributed by atoms with Crippen LogP contribution in [0, 0.1) is 11.6 Å². The van der Waals surface area contributed by atoms with Crippen LogP contribution in [-0.2, 0) is 13.6 Å². The number of rotatable bonds is 6. The molecule has 0 spiro atoms. The fraction of sp³-hybridized carbons (Fsp3) is 0.190. The molecule has 0 bridgehead atoms. The first-order valence-electron chi connectivity index (χ1n) is 8.86. The molecule has 1 atom stereocenters. The van der Waals surface area contributed by atoms with Gasteiger partial charge in [-0.3, -0.25) is 4.68 Å². The molecule has 2 aromatic heterocycles. The summed E-state index contributed by atoms with van der Waals surface area (Å²) in [6.07, 6.45) is 0.771. The predicted octanol–water partition coefficient (Wildman–Crippen LogP) is 3.93. The maximum atomic E-state index is 13.8. The summed E-state index contributed by atoms with van der Waals surface area (Å²) in [4.78, 5) is 0. The zero-order chi connectivity index (χ0) is 19.7.